The molecule has 0 radical (unpaired) electrons. The summed E-state index contributed by atoms with van der Waals surface area (Å²) in [6.07, 6.45) is -0.158. The van der Waals surface area contributed by atoms with Crippen LogP contribution in [0, 0.1) is 19.8 Å². The van der Waals surface area contributed by atoms with Crippen LogP contribution in [0.1, 0.15) is 27.9 Å². The van der Waals surface area contributed by atoms with Crippen molar-refractivity contribution >= 4 is 45.3 Å². The molecule has 1 aliphatic rings. The Balaban J connectivity index is 1.56. The van der Waals surface area contributed by atoms with E-state index in [4.69, 9.17) is 14.2 Å². The number of benzene rings is 2. The van der Waals surface area contributed by atoms with Gasteiger partial charge < -0.3 is 19.5 Å². The first-order valence-electron chi connectivity index (χ1n) is 10.7. The third-order valence-corrected chi connectivity index (χ3v) is 6.55. The standard InChI is InChI=1S/C24H26BrN3O7/c1-13-14(2)17(9-8-16(13)25)26-20(29)12-35-24(32)15-10-21(30)28(11-15)27-23(31)22-18(33-3)6-5-7-19(22)34-4/h5-9,15H,10-12H2,1-4H3,(H,26,29)(H,27,31)/t15-/m1/s1. The molecular formula is C24H26BrN3O7. The maximum atomic E-state index is 12.8. The Hall–Kier alpha value is -3.60. The highest BCUT2D eigenvalue weighted by Gasteiger charge is 2.37. The molecule has 11 heteroatoms. The number of nitrogens with one attached hydrogen (secondary N) is 2. The van der Waals surface area contributed by atoms with E-state index >= 15 is 0 Å². The maximum absolute atomic E-state index is 12.8. The van der Waals surface area contributed by atoms with Gasteiger partial charge in [-0.15, -0.1) is 0 Å². The van der Waals surface area contributed by atoms with Gasteiger partial charge in [-0.25, -0.2) is 0 Å². The van der Waals surface area contributed by atoms with Gasteiger partial charge in [0.05, 0.1) is 26.7 Å². The lowest BCUT2D eigenvalue weighted by molar-refractivity contribution is -0.151. The predicted octanol–water partition coefficient (Wildman–Crippen LogP) is 2.76. The molecule has 0 aromatic heterocycles. The molecule has 35 heavy (non-hydrogen) atoms. The van der Waals surface area contributed by atoms with Gasteiger partial charge in [-0.3, -0.25) is 29.6 Å². The Morgan fingerprint density at radius 2 is 1.71 bits per heavy atom. The average molecular weight is 548 g/mol. The molecule has 10 nitrogen and oxygen atoms in total. The molecule has 1 fully saturated rings. The number of hydrogen-bond donors (Lipinski definition) is 2. The van der Waals surface area contributed by atoms with E-state index in [1.54, 1.807) is 24.3 Å². The molecule has 0 spiro atoms. The first-order chi connectivity index (χ1) is 16.7. The summed E-state index contributed by atoms with van der Waals surface area (Å²) >= 11 is 3.43. The molecule has 1 heterocycles. The Morgan fingerprint density at radius 3 is 2.34 bits per heavy atom. The van der Waals surface area contributed by atoms with E-state index < -0.39 is 36.2 Å². The van der Waals surface area contributed by atoms with Crippen molar-refractivity contribution in [2.75, 3.05) is 32.7 Å². The minimum atomic E-state index is -0.827. The molecule has 1 aliphatic heterocycles. The van der Waals surface area contributed by atoms with Gasteiger partial charge in [-0.2, -0.15) is 0 Å². The fourth-order valence-corrected chi connectivity index (χ4v) is 4.02. The van der Waals surface area contributed by atoms with Crippen LogP contribution >= 0.6 is 15.9 Å². The van der Waals surface area contributed by atoms with E-state index in [0.29, 0.717) is 5.69 Å². The van der Waals surface area contributed by atoms with Crippen LogP contribution in [-0.2, 0) is 19.1 Å². The zero-order chi connectivity index (χ0) is 25.7. The van der Waals surface area contributed by atoms with Crippen LogP contribution in [0.25, 0.3) is 0 Å². The van der Waals surface area contributed by atoms with Crippen LogP contribution in [-0.4, -0.2) is 56.1 Å². The van der Waals surface area contributed by atoms with Gasteiger partial charge >= 0.3 is 5.97 Å². The smallest absolute Gasteiger partial charge is 0.311 e. The molecule has 3 rings (SSSR count). The van der Waals surface area contributed by atoms with Crippen LogP contribution in [0.15, 0.2) is 34.8 Å². The molecule has 2 aromatic carbocycles. The Bertz CT molecular complexity index is 1150. The molecule has 186 valence electrons. The van der Waals surface area contributed by atoms with Gasteiger partial charge in [0.15, 0.2) is 6.61 Å². The van der Waals surface area contributed by atoms with Crippen molar-refractivity contribution in [1.82, 2.24) is 10.4 Å². The monoisotopic (exact) mass is 547 g/mol. The fourth-order valence-electron chi connectivity index (χ4n) is 3.59. The third kappa shape index (κ3) is 5.91. The number of amides is 3. The van der Waals surface area contributed by atoms with E-state index in [-0.39, 0.29) is 30.0 Å². The molecule has 3 amide bonds. The molecule has 0 unspecified atom stereocenters. The summed E-state index contributed by atoms with van der Waals surface area (Å²) in [4.78, 5) is 50.0. The summed E-state index contributed by atoms with van der Waals surface area (Å²) in [6.45, 7) is 3.20. The minimum Gasteiger partial charge on any atom is -0.496 e. The summed E-state index contributed by atoms with van der Waals surface area (Å²) in [7, 11) is 2.82. The van der Waals surface area contributed by atoms with Gasteiger partial charge in [0, 0.05) is 16.6 Å². The lowest BCUT2D eigenvalue weighted by Gasteiger charge is -2.19. The van der Waals surface area contributed by atoms with Gasteiger partial charge in [-0.1, -0.05) is 22.0 Å². The van der Waals surface area contributed by atoms with Crippen molar-refractivity contribution < 1.29 is 33.4 Å². The number of anilines is 1. The Morgan fingerprint density at radius 1 is 1.06 bits per heavy atom. The zero-order valence-corrected chi connectivity index (χ0v) is 21.4. The van der Waals surface area contributed by atoms with Crippen molar-refractivity contribution in [3.63, 3.8) is 0 Å². The molecule has 0 aliphatic carbocycles. The van der Waals surface area contributed by atoms with Crippen LogP contribution < -0.4 is 20.2 Å². The van der Waals surface area contributed by atoms with Gasteiger partial charge in [0.25, 0.3) is 11.8 Å². The summed E-state index contributed by atoms with van der Waals surface area (Å²) in [5.74, 6) is -2.57. The van der Waals surface area contributed by atoms with Crippen molar-refractivity contribution in [2.45, 2.75) is 20.3 Å². The third-order valence-electron chi connectivity index (χ3n) is 5.69. The number of carbonyl (C=O) groups is 4. The molecule has 2 N–H and O–H groups in total. The SMILES string of the molecule is COc1cccc(OC)c1C(=O)NN1C[C@H](C(=O)OCC(=O)Nc2ccc(Br)c(C)c2C)CC1=O. The van der Waals surface area contributed by atoms with E-state index in [0.717, 1.165) is 20.6 Å². The van der Waals surface area contributed by atoms with Crippen LogP contribution in [0.4, 0.5) is 5.69 Å². The quantitative estimate of drug-likeness (QED) is 0.487. The van der Waals surface area contributed by atoms with Crippen molar-refractivity contribution in [3.8, 4) is 11.5 Å². The van der Waals surface area contributed by atoms with Crippen molar-refractivity contribution in [3.05, 3.63) is 51.5 Å². The Kier molecular flexibility index (Phi) is 8.34. The van der Waals surface area contributed by atoms with Crippen LogP contribution in [0.5, 0.6) is 11.5 Å². The molecule has 1 saturated heterocycles. The normalized spacial score (nSPS) is 14.9. The van der Waals surface area contributed by atoms with Gasteiger partial charge in [-0.05, 0) is 49.2 Å². The second-order valence-electron chi connectivity index (χ2n) is 7.88. The maximum Gasteiger partial charge on any atom is 0.311 e. The average Bonchev–Trinajstić information content (AvgIpc) is 3.22. The predicted molar refractivity (Wildman–Crippen MR) is 130 cm³/mol. The fraction of sp³-hybridized carbons (Fsp3) is 0.333. The van der Waals surface area contributed by atoms with E-state index in [9.17, 15) is 19.2 Å². The summed E-state index contributed by atoms with van der Waals surface area (Å²) in [6, 6.07) is 8.41. The molecule has 0 bridgehead atoms. The van der Waals surface area contributed by atoms with Gasteiger partial charge in [0.1, 0.15) is 17.1 Å². The number of ether oxygens (including phenoxy) is 3. The number of hydrazine groups is 1. The zero-order valence-electron chi connectivity index (χ0n) is 19.8. The van der Waals surface area contributed by atoms with Crippen molar-refractivity contribution in [1.29, 1.82) is 0 Å². The number of halogens is 1. The number of methoxy groups -OCH3 is 2. The first-order valence-corrected chi connectivity index (χ1v) is 11.5. The second-order valence-corrected chi connectivity index (χ2v) is 8.74. The van der Waals surface area contributed by atoms with E-state index in [1.807, 2.05) is 19.9 Å². The highest BCUT2D eigenvalue weighted by Crippen LogP contribution is 2.29. The summed E-state index contributed by atoms with van der Waals surface area (Å²) in [5.41, 5.74) is 5.09. The van der Waals surface area contributed by atoms with E-state index in [2.05, 4.69) is 26.7 Å². The number of hydrogen-bond acceptors (Lipinski definition) is 7. The van der Waals surface area contributed by atoms with Crippen LogP contribution in [0.3, 0.4) is 0 Å². The molecule has 1 atom stereocenters. The highest BCUT2D eigenvalue weighted by atomic mass is 79.9. The Labute approximate surface area is 211 Å². The lowest BCUT2D eigenvalue weighted by atomic mass is 10.1. The molecule has 2 aromatic rings. The van der Waals surface area contributed by atoms with Crippen molar-refractivity contribution in [2.24, 2.45) is 5.92 Å². The van der Waals surface area contributed by atoms with E-state index in [1.165, 1.54) is 14.2 Å². The number of rotatable bonds is 8. The summed E-state index contributed by atoms with van der Waals surface area (Å²) in [5, 5.41) is 3.76. The minimum absolute atomic E-state index is 0.0898. The van der Waals surface area contributed by atoms with Gasteiger partial charge in [0.2, 0.25) is 5.91 Å². The summed E-state index contributed by atoms with van der Waals surface area (Å²) < 4.78 is 16.5. The lowest BCUT2D eigenvalue weighted by Crippen LogP contribution is -2.43. The molecule has 0 saturated carbocycles. The number of nitrogens with zero attached hydrogens (tertiary/aromatic N) is 1. The number of carbonyl (C=O) groups excluding carboxylic acids is 4. The molecular weight excluding hydrogens is 522 g/mol. The first kappa shape index (κ1) is 26.0. The van der Waals surface area contributed by atoms with Crippen LogP contribution in [0.2, 0.25) is 0 Å². The largest absolute Gasteiger partial charge is 0.496 e. The highest BCUT2D eigenvalue weighted by molar-refractivity contribution is 9.10. The number of esters is 1. The second kappa shape index (κ2) is 11.2. The topological polar surface area (TPSA) is 123 Å².